The van der Waals surface area contributed by atoms with Gasteiger partial charge < -0.3 is 15.7 Å². The predicted octanol–water partition coefficient (Wildman–Crippen LogP) is 1.97. The molecule has 0 aliphatic heterocycles. The second-order valence-corrected chi connectivity index (χ2v) is 6.19. The van der Waals surface area contributed by atoms with Gasteiger partial charge in [-0.15, -0.1) is 0 Å². The van der Waals surface area contributed by atoms with Gasteiger partial charge in [-0.25, -0.2) is 8.78 Å². The Hall–Kier alpha value is -2.81. The summed E-state index contributed by atoms with van der Waals surface area (Å²) in [6, 6.07) is 3.00. The second kappa shape index (κ2) is 7.61. The number of aromatic nitrogens is 2. The standard InChI is InChI=1S/C17H18F2N4O3/c18-11-2-1-3-12(19)14(11)16(25)22-13-8-20-23-15(13)17(26)21-9-4-6-10(24)7-5-9/h1-3,8-10,24H,4-7H2,(H,20,23)(H,21,26)(H,22,25). The maximum absolute atomic E-state index is 13.7. The topological polar surface area (TPSA) is 107 Å². The van der Waals surface area contributed by atoms with Crippen LogP contribution in [0.15, 0.2) is 24.4 Å². The molecule has 0 saturated heterocycles. The zero-order valence-electron chi connectivity index (χ0n) is 13.8. The number of anilines is 1. The number of halogens is 2. The third-order valence-corrected chi connectivity index (χ3v) is 4.34. The van der Waals surface area contributed by atoms with Crippen molar-refractivity contribution in [2.24, 2.45) is 0 Å². The van der Waals surface area contributed by atoms with Crippen molar-refractivity contribution in [2.75, 3.05) is 5.32 Å². The van der Waals surface area contributed by atoms with E-state index in [0.29, 0.717) is 25.7 Å². The number of carbonyl (C=O) groups is 2. The van der Waals surface area contributed by atoms with Crippen LogP contribution in [0.4, 0.5) is 14.5 Å². The molecule has 1 fully saturated rings. The average molecular weight is 364 g/mol. The fourth-order valence-electron chi connectivity index (χ4n) is 2.93. The lowest BCUT2D eigenvalue weighted by Crippen LogP contribution is -2.39. The summed E-state index contributed by atoms with van der Waals surface area (Å²) in [5.74, 6) is -3.51. The summed E-state index contributed by atoms with van der Waals surface area (Å²) in [6.07, 6.45) is 3.33. The van der Waals surface area contributed by atoms with Gasteiger partial charge in [-0.05, 0) is 37.8 Å². The molecule has 0 spiro atoms. The van der Waals surface area contributed by atoms with Crippen LogP contribution in [0.2, 0.25) is 0 Å². The Morgan fingerprint density at radius 3 is 2.42 bits per heavy atom. The van der Waals surface area contributed by atoms with E-state index >= 15 is 0 Å². The van der Waals surface area contributed by atoms with E-state index in [1.165, 1.54) is 6.20 Å². The normalized spacial score (nSPS) is 19.8. The van der Waals surface area contributed by atoms with Crippen molar-refractivity contribution in [1.82, 2.24) is 15.5 Å². The number of nitrogens with one attached hydrogen (secondary N) is 3. The summed E-state index contributed by atoms with van der Waals surface area (Å²) in [5, 5.41) is 20.8. The van der Waals surface area contributed by atoms with Crippen molar-refractivity contribution in [3.63, 3.8) is 0 Å². The predicted molar refractivity (Wildman–Crippen MR) is 88.6 cm³/mol. The van der Waals surface area contributed by atoms with E-state index in [1.54, 1.807) is 0 Å². The molecule has 138 valence electrons. The van der Waals surface area contributed by atoms with Crippen LogP contribution in [-0.4, -0.2) is 39.3 Å². The van der Waals surface area contributed by atoms with Crippen LogP contribution >= 0.6 is 0 Å². The lowest BCUT2D eigenvalue weighted by atomic mass is 9.93. The number of aliphatic hydroxyl groups excluding tert-OH is 1. The molecule has 0 atom stereocenters. The van der Waals surface area contributed by atoms with Gasteiger partial charge in [0, 0.05) is 6.04 Å². The third-order valence-electron chi connectivity index (χ3n) is 4.34. The zero-order chi connectivity index (χ0) is 18.7. The van der Waals surface area contributed by atoms with Crippen molar-refractivity contribution >= 4 is 17.5 Å². The van der Waals surface area contributed by atoms with Gasteiger partial charge in [-0.2, -0.15) is 5.10 Å². The maximum Gasteiger partial charge on any atom is 0.271 e. The van der Waals surface area contributed by atoms with Crippen LogP contribution in [0, 0.1) is 11.6 Å². The number of aliphatic hydroxyl groups is 1. The molecule has 3 rings (SSSR count). The van der Waals surface area contributed by atoms with E-state index < -0.39 is 29.0 Å². The van der Waals surface area contributed by atoms with E-state index in [2.05, 4.69) is 20.8 Å². The van der Waals surface area contributed by atoms with Gasteiger partial charge in [0.15, 0.2) is 0 Å². The Labute approximate surface area is 147 Å². The first-order chi connectivity index (χ1) is 12.5. The molecule has 0 bridgehead atoms. The van der Waals surface area contributed by atoms with Crippen molar-refractivity contribution in [1.29, 1.82) is 0 Å². The largest absolute Gasteiger partial charge is 0.393 e. The van der Waals surface area contributed by atoms with Gasteiger partial charge in [0.1, 0.15) is 22.9 Å². The molecular formula is C17H18F2N4O3. The Kier molecular flexibility index (Phi) is 5.27. The van der Waals surface area contributed by atoms with Crippen molar-refractivity contribution in [3.8, 4) is 0 Å². The lowest BCUT2D eigenvalue weighted by Gasteiger charge is -2.26. The molecule has 1 heterocycles. The zero-order valence-corrected chi connectivity index (χ0v) is 13.8. The van der Waals surface area contributed by atoms with Crippen LogP contribution in [0.1, 0.15) is 46.5 Å². The van der Waals surface area contributed by atoms with Crippen LogP contribution in [-0.2, 0) is 0 Å². The molecule has 0 unspecified atom stereocenters. The van der Waals surface area contributed by atoms with E-state index in [-0.39, 0.29) is 23.5 Å². The van der Waals surface area contributed by atoms with Crippen LogP contribution in [0.25, 0.3) is 0 Å². The summed E-state index contributed by atoms with van der Waals surface area (Å²) in [4.78, 5) is 24.5. The average Bonchev–Trinajstić information content (AvgIpc) is 3.05. The van der Waals surface area contributed by atoms with Gasteiger partial charge >= 0.3 is 0 Å². The molecule has 1 aromatic carbocycles. The number of amides is 2. The molecule has 2 aromatic rings. The highest BCUT2D eigenvalue weighted by Crippen LogP contribution is 2.20. The SMILES string of the molecule is O=C(NC1CCC(O)CC1)c1[nH]ncc1NC(=O)c1c(F)cccc1F. The Bertz CT molecular complexity index is 796. The minimum absolute atomic E-state index is 0.0128. The van der Waals surface area contributed by atoms with Crippen LogP contribution in [0.5, 0.6) is 0 Å². The molecule has 1 saturated carbocycles. The molecule has 7 nitrogen and oxygen atoms in total. The molecule has 26 heavy (non-hydrogen) atoms. The molecule has 1 aliphatic carbocycles. The highest BCUT2D eigenvalue weighted by Gasteiger charge is 2.24. The van der Waals surface area contributed by atoms with Crippen molar-refractivity contribution < 1.29 is 23.5 Å². The summed E-state index contributed by atoms with van der Waals surface area (Å²) >= 11 is 0. The van der Waals surface area contributed by atoms with Crippen molar-refractivity contribution in [2.45, 2.75) is 37.8 Å². The van der Waals surface area contributed by atoms with E-state index in [0.717, 1.165) is 18.2 Å². The monoisotopic (exact) mass is 364 g/mol. The second-order valence-electron chi connectivity index (χ2n) is 6.19. The summed E-state index contributed by atoms with van der Waals surface area (Å²) < 4.78 is 27.4. The molecule has 4 N–H and O–H groups in total. The Balaban J connectivity index is 1.70. The molecule has 0 radical (unpaired) electrons. The number of nitrogens with zero attached hydrogens (tertiary/aromatic N) is 1. The highest BCUT2D eigenvalue weighted by atomic mass is 19.1. The van der Waals surface area contributed by atoms with Crippen molar-refractivity contribution in [3.05, 3.63) is 47.3 Å². The first-order valence-corrected chi connectivity index (χ1v) is 8.23. The maximum atomic E-state index is 13.7. The lowest BCUT2D eigenvalue weighted by molar-refractivity contribution is 0.0864. The molecule has 1 aliphatic rings. The number of benzene rings is 1. The van der Waals surface area contributed by atoms with E-state index in [1.807, 2.05) is 0 Å². The number of rotatable bonds is 4. The van der Waals surface area contributed by atoms with E-state index in [4.69, 9.17) is 0 Å². The highest BCUT2D eigenvalue weighted by molar-refractivity contribution is 6.08. The van der Waals surface area contributed by atoms with Gasteiger partial charge in [-0.3, -0.25) is 14.7 Å². The van der Waals surface area contributed by atoms with Crippen LogP contribution < -0.4 is 10.6 Å². The number of aromatic amines is 1. The van der Waals surface area contributed by atoms with Crippen LogP contribution in [0.3, 0.4) is 0 Å². The molecule has 1 aromatic heterocycles. The molecular weight excluding hydrogens is 346 g/mol. The number of hydrogen-bond acceptors (Lipinski definition) is 4. The van der Waals surface area contributed by atoms with E-state index in [9.17, 15) is 23.5 Å². The Morgan fingerprint density at radius 1 is 1.12 bits per heavy atom. The first-order valence-electron chi connectivity index (χ1n) is 8.23. The molecule has 2 amide bonds. The number of carbonyl (C=O) groups excluding carboxylic acids is 2. The van der Waals surface area contributed by atoms with Gasteiger partial charge in [0.25, 0.3) is 11.8 Å². The van der Waals surface area contributed by atoms with Gasteiger partial charge in [0.05, 0.1) is 18.0 Å². The Morgan fingerprint density at radius 2 is 1.77 bits per heavy atom. The number of H-pyrrole nitrogens is 1. The smallest absolute Gasteiger partial charge is 0.271 e. The molecule has 9 heteroatoms. The fraction of sp³-hybridized carbons (Fsp3) is 0.353. The minimum atomic E-state index is -1.02. The first kappa shape index (κ1) is 18.0. The van der Waals surface area contributed by atoms with Gasteiger partial charge in [-0.1, -0.05) is 6.07 Å². The third kappa shape index (κ3) is 3.88. The quantitative estimate of drug-likeness (QED) is 0.665. The summed E-state index contributed by atoms with van der Waals surface area (Å²) in [6.45, 7) is 0. The summed E-state index contributed by atoms with van der Waals surface area (Å²) in [5.41, 5.74) is -0.728. The number of hydrogen-bond donors (Lipinski definition) is 4. The fourth-order valence-corrected chi connectivity index (χ4v) is 2.93. The summed E-state index contributed by atoms with van der Waals surface area (Å²) in [7, 11) is 0. The minimum Gasteiger partial charge on any atom is -0.393 e. The van der Waals surface area contributed by atoms with Gasteiger partial charge in [0.2, 0.25) is 0 Å².